The molecular formula is C17H25N3. The standard InChI is InChI=1S/C17H25N3/c1-12(2)11-20(4)17-15(9-13(3)18)10-14-7-5-6-8-16(14)19-17/h5-8,10,12-13H,9,11,18H2,1-4H3. The Balaban J connectivity index is 2.47. The highest BCUT2D eigenvalue weighted by Gasteiger charge is 2.13. The van der Waals surface area contributed by atoms with Gasteiger partial charge in [-0.1, -0.05) is 32.0 Å². The van der Waals surface area contributed by atoms with Crippen molar-refractivity contribution in [2.45, 2.75) is 33.2 Å². The van der Waals surface area contributed by atoms with Gasteiger partial charge in [-0.05, 0) is 37.0 Å². The van der Waals surface area contributed by atoms with Crippen molar-refractivity contribution in [1.29, 1.82) is 0 Å². The van der Waals surface area contributed by atoms with E-state index >= 15 is 0 Å². The predicted octanol–water partition coefficient (Wildman–Crippen LogP) is 3.22. The molecule has 1 unspecified atom stereocenters. The molecule has 108 valence electrons. The summed E-state index contributed by atoms with van der Waals surface area (Å²) in [7, 11) is 2.11. The van der Waals surface area contributed by atoms with E-state index in [1.807, 2.05) is 13.0 Å². The molecule has 1 heterocycles. The maximum Gasteiger partial charge on any atom is 0.132 e. The van der Waals surface area contributed by atoms with Gasteiger partial charge in [-0.25, -0.2) is 4.98 Å². The summed E-state index contributed by atoms with van der Waals surface area (Å²) in [4.78, 5) is 7.10. The Kier molecular flexibility index (Phi) is 4.61. The van der Waals surface area contributed by atoms with Crippen LogP contribution >= 0.6 is 0 Å². The van der Waals surface area contributed by atoms with Crippen LogP contribution < -0.4 is 10.6 Å². The first-order valence-electron chi connectivity index (χ1n) is 7.32. The van der Waals surface area contributed by atoms with Crippen LogP contribution in [0.2, 0.25) is 0 Å². The molecule has 0 spiro atoms. The monoisotopic (exact) mass is 271 g/mol. The number of hydrogen-bond acceptors (Lipinski definition) is 3. The van der Waals surface area contributed by atoms with Gasteiger partial charge in [0.05, 0.1) is 5.52 Å². The minimum atomic E-state index is 0.143. The van der Waals surface area contributed by atoms with Gasteiger partial charge < -0.3 is 10.6 Å². The molecule has 0 radical (unpaired) electrons. The number of anilines is 1. The second-order valence-corrected chi connectivity index (χ2v) is 6.12. The minimum Gasteiger partial charge on any atom is -0.359 e. The predicted molar refractivity (Wildman–Crippen MR) is 87.2 cm³/mol. The Labute approximate surface area is 121 Å². The summed E-state index contributed by atoms with van der Waals surface area (Å²) in [5.41, 5.74) is 8.28. The first-order chi connectivity index (χ1) is 9.47. The van der Waals surface area contributed by atoms with E-state index in [9.17, 15) is 0 Å². The van der Waals surface area contributed by atoms with E-state index in [2.05, 4.69) is 50.1 Å². The number of aromatic nitrogens is 1. The summed E-state index contributed by atoms with van der Waals surface area (Å²) in [6, 6.07) is 10.6. The van der Waals surface area contributed by atoms with E-state index in [0.717, 1.165) is 24.3 Å². The highest BCUT2D eigenvalue weighted by atomic mass is 15.2. The third-order valence-electron chi connectivity index (χ3n) is 3.32. The number of benzene rings is 1. The topological polar surface area (TPSA) is 42.2 Å². The van der Waals surface area contributed by atoms with Crippen LogP contribution in [0.4, 0.5) is 5.82 Å². The SMILES string of the molecule is CC(C)CN(C)c1nc2ccccc2cc1CC(C)N. The average Bonchev–Trinajstić information content (AvgIpc) is 2.36. The Morgan fingerprint density at radius 1 is 1.20 bits per heavy atom. The van der Waals surface area contributed by atoms with Crippen LogP contribution in [-0.4, -0.2) is 24.6 Å². The molecule has 0 amide bonds. The smallest absolute Gasteiger partial charge is 0.132 e. The van der Waals surface area contributed by atoms with Crippen molar-refractivity contribution in [1.82, 2.24) is 4.98 Å². The van der Waals surface area contributed by atoms with Gasteiger partial charge >= 0.3 is 0 Å². The van der Waals surface area contributed by atoms with Crippen molar-refractivity contribution in [3.8, 4) is 0 Å². The van der Waals surface area contributed by atoms with Crippen LogP contribution in [-0.2, 0) is 6.42 Å². The molecule has 0 saturated carbocycles. The van der Waals surface area contributed by atoms with Gasteiger partial charge in [-0.15, -0.1) is 0 Å². The zero-order chi connectivity index (χ0) is 14.7. The lowest BCUT2D eigenvalue weighted by Crippen LogP contribution is -2.26. The summed E-state index contributed by atoms with van der Waals surface area (Å²) in [6.45, 7) is 7.49. The van der Waals surface area contributed by atoms with E-state index in [-0.39, 0.29) is 6.04 Å². The maximum absolute atomic E-state index is 5.99. The molecule has 1 aromatic carbocycles. The summed E-state index contributed by atoms with van der Waals surface area (Å²) < 4.78 is 0. The molecule has 1 atom stereocenters. The third kappa shape index (κ3) is 3.48. The Bertz CT molecular complexity index is 575. The highest BCUT2D eigenvalue weighted by molar-refractivity contribution is 5.81. The van der Waals surface area contributed by atoms with Gasteiger partial charge in [0.15, 0.2) is 0 Å². The second kappa shape index (κ2) is 6.23. The van der Waals surface area contributed by atoms with E-state index in [1.54, 1.807) is 0 Å². The van der Waals surface area contributed by atoms with Gasteiger partial charge in [0.1, 0.15) is 5.82 Å². The van der Waals surface area contributed by atoms with Crippen LogP contribution in [0.1, 0.15) is 26.3 Å². The molecule has 3 heteroatoms. The zero-order valence-electron chi connectivity index (χ0n) is 12.9. The molecule has 0 bridgehead atoms. The van der Waals surface area contributed by atoms with Crippen molar-refractivity contribution < 1.29 is 0 Å². The quantitative estimate of drug-likeness (QED) is 0.908. The van der Waals surface area contributed by atoms with E-state index in [1.165, 1.54) is 10.9 Å². The number of nitrogens with zero attached hydrogens (tertiary/aromatic N) is 2. The number of nitrogens with two attached hydrogens (primary N) is 1. The molecule has 0 aliphatic heterocycles. The van der Waals surface area contributed by atoms with Crippen LogP contribution in [0.25, 0.3) is 10.9 Å². The van der Waals surface area contributed by atoms with Crippen molar-refractivity contribution in [3.63, 3.8) is 0 Å². The number of fused-ring (bicyclic) bond motifs is 1. The van der Waals surface area contributed by atoms with Crippen molar-refractivity contribution >= 4 is 16.7 Å². The summed E-state index contributed by atoms with van der Waals surface area (Å²) in [6.07, 6.45) is 0.857. The number of para-hydroxylation sites is 1. The molecule has 2 rings (SSSR count). The molecule has 0 aliphatic carbocycles. The zero-order valence-corrected chi connectivity index (χ0v) is 12.9. The molecule has 20 heavy (non-hydrogen) atoms. The van der Waals surface area contributed by atoms with Crippen LogP contribution in [0.15, 0.2) is 30.3 Å². The van der Waals surface area contributed by atoms with Gasteiger partial charge in [0.2, 0.25) is 0 Å². The number of hydrogen-bond donors (Lipinski definition) is 1. The lowest BCUT2D eigenvalue weighted by molar-refractivity contribution is 0.631. The summed E-state index contributed by atoms with van der Waals surface area (Å²) in [5, 5.41) is 1.19. The Morgan fingerprint density at radius 3 is 2.55 bits per heavy atom. The molecule has 0 fully saturated rings. The Morgan fingerprint density at radius 2 is 1.90 bits per heavy atom. The van der Waals surface area contributed by atoms with E-state index in [4.69, 9.17) is 10.7 Å². The third-order valence-corrected chi connectivity index (χ3v) is 3.32. The van der Waals surface area contributed by atoms with Crippen LogP contribution in [0.5, 0.6) is 0 Å². The summed E-state index contributed by atoms with van der Waals surface area (Å²) >= 11 is 0. The number of pyridine rings is 1. The van der Waals surface area contributed by atoms with Crippen molar-refractivity contribution in [2.75, 3.05) is 18.5 Å². The van der Waals surface area contributed by atoms with E-state index in [0.29, 0.717) is 5.92 Å². The van der Waals surface area contributed by atoms with Gasteiger partial charge in [0, 0.05) is 25.0 Å². The first kappa shape index (κ1) is 14.8. The lowest BCUT2D eigenvalue weighted by Gasteiger charge is -2.24. The Hall–Kier alpha value is -1.61. The van der Waals surface area contributed by atoms with Crippen LogP contribution in [0.3, 0.4) is 0 Å². The van der Waals surface area contributed by atoms with Gasteiger partial charge in [-0.2, -0.15) is 0 Å². The maximum atomic E-state index is 5.99. The molecule has 3 nitrogen and oxygen atoms in total. The fourth-order valence-electron chi connectivity index (χ4n) is 2.61. The fraction of sp³-hybridized carbons (Fsp3) is 0.471. The van der Waals surface area contributed by atoms with Gasteiger partial charge in [0.25, 0.3) is 0 Å². The second-order valence-electron chi connectivity index (χ2n) is 6.12. The number of rotatable bonds is 5. The lowest BCUT2D eigenvalue weighted by atomic mass is 10.0. The highest BCUT2D eigenvalue weighted by Crippen LogP contribution is 2.24. The van der Waals surface area contributed by atoms with Crippen LogP contribution in [0, 0.1) is 5.92 Å². The van der Waals surface area contributed by atoms with Crippen molar-refractivity contribution in [2.24, 2.45) is 11.7 Å². The molecule has 2 aromatic rings. The summed E-state index contributed by atoms with van der Waals surface area (Å²) in [5.74, 6) is 1.67. The fourth-order valence-corrected chi connectivity index (χ4v) is 2.61. The minimum absolute atomic E-state index is 0.143. The molecule has 1 aromatic heterocycles. The van der Waals surface area contributed by atoms with Crippen molar-refractivity contribution in [3.05, 3.63) is 35.9 Å². The molecular weight excluding hydrogens is 246 g/mol. The average molecular weight is 271 g/mol. The first-order valence-corrected chi connectivity index (χ1v) is 7.32. The van der Waals surface area contributed by atoms with Gasteiger partial charge in [-0.3, -0.25) is 0 Å². The largest absolute Gasteiger partial charge is 0.359 e. The molecule has 0 aliphatic rings. The molecule has 0 saturated heterocycles. The molecule has 2 N–H and O–H groups in total. The van der Waals surface area contributed by atoms with E-state index < -0.39 is 0 Å². The normalized spacial score (nSPS) is 12.9.